The first kappa shape index (κ1) is 15.5. The van der Waals surface area contributed by atoms with Gasteiger partial charge in [0.2, 0.25) is 5.91 Å². The van der Waals surface area contributed by atoms with Crippen molar-refractivity contribution in [2.75, 3.05) is 25.0 Å². The third kappa shape index (κ3) is 5.72. The second-order valence-corrected chi connectivity index (χ2v) is 4.46. The van der Waals surface area contributed by atoms with E-state index in [-0.39, 0.29) is 31.0 Å². The summed E-state index contributed by atoms with van der Waals surface area (Å²) in [7, 11) is 0. The number of carbonyl (C=O) groups excluding carboxylic acids is 1. The SMILES string of the molecule is C=C(Cl)CNc1ccc(F)c(CC(=O)NCCO)c1. The van der Waals surface area contributed by atoms with Crippen LogP contribution in [0.2, 0.25) is 0 Å². The highest BCUT2D eigenvalue weighted by molar-refractivity contribution is 6.29. The summed E-state index contributed by atoms with van der Waals surface area (Å²) in [5.74, 6) is -0.791. The fourth-order valence-electron chi connectivity index (χ4n) is 1.45. The number of nitrogens with one attached hydrogen (secondary N) is 2. The molecule has 1 amide bonds. The van der Waals surface area contributed by atoms with Gasteiger partial charge in [-0.05, 0) is 23.8 Å². The first-order chi connectivity index (χ1) is 9.02. The lowest BCUT2D eigenvalue weighted by molar-refractivity contribution is -0.120. The molecule has 1 rings (SSSR count). The molecule has 0 unspecified atom stereocenters. The van der Waals surface area contributed by atoms with Crippen LogP contribution in [0.5, 0.6) is 0 Å². The summed E-state index contributed by atoms with van der Waals surface area (Å²) < 4.78 is 13.6. The highest BCUT2D eigenvalue weighted by Gasteiger charge is 2.08. The molecule has 0 bridgehead atoms. The second kappa shape index (κ2) is 7.76. The van der Waals surface area contributed by atoms with Gasteiger partial charge < -0.3 is 15.7 Å². The van der Waals surface area contributed by atoms with Crippen LogP contribution in [0.1, 0.15) is 5.56 Å². The number of benzene rings is 1. The number of rotatable bonds is 7. The van der Waals surface area contributed by atoms with E-state index in [1.165, 1.54) is 6.07 Å². The van der Waals surface area contributed by atoms with Gasteiger partial charge in [-0.3, -0.25) is 4.79 Å². The van der Waals surface area contributed by atoms with Crippen LogP contribution in [0.15, 0.2) is 29.8 Å². The second-order valence-electron chi connectivity index (χ2n) is 3.93. The first-order valence-electron chi connectivity index (χ1n) is 5.76. The van der Waals surface area contributed by atoms with E-state index in [2.05, 4.69) is 17.2 Å². The summed E-state index contributed by atoms with van der Waals surface area (Å²) in [4.78, 5) is 11.5. The zero-order chi connectivity index (χ0) is 14.3. The van der Waals surface area contributed by atoms with Crippen molar-refractivity contribution in [2.24, 2.45) is 0 Å². The first-order valence-corrected chi connectivity index (χ1v) is 6.14. The van der Waals surface area contributed by atoms with Gasteiger partial charge in [-0.2, -0.15) is 0 Å². The van der Waals surface area contributed by atoms with E-state index in [0.717, 1.165) is 0 Å². The Kier molecular flexibility index (Phi) is 6.32. The number of aliphatic hydroxyl groups excluding tert-OH is 1. The standard InChI is InChI=1S/C13H16ClFN2O2/c1-9(14)8-17-11-2-3-12(15)10(6-11)7-13(19)16-4-5-18/h2-3,6,17-18H,1,4-5,7-8H2,(H,16,19). The van der Waals surface area contributed by atoms with E-state index < -0.39 is 5.82 Å². The van der Waals surface area contributed by atoms with E-state index in [1.54, 1.807) is 12.1 Å². The van der Waals surface area contributed by atoms with Crippen LogP contribution >= 0.6 is 11.6 Å². The van der Waals surface area contributed by atoms with Crippen LogP contribution in [0.25, 0.3) is 0 Å². The molecular weight excluding hydrogens is 271 g/mol. The predicted octanol–water partition coefficient (Wildman–Crippen LogP) is 1.64. The van der Waals surface area contributed by atoms with Gasteiger partial charge in [0, 0.05) is 17.3 Å². The Bertz CT molecular complexity index is 466. The van der Waals surface area contributed by atoms with E-state index in [0.29, 0.717) is 17.3 Å². The number of carbonyl (C=O) groups is 1. The predicted molar refractivity (Wildman–Crippen MR) is 73.7 cm³/mol. The number of hydrogen-bond donors (Lipinski definition) is 3. The monoisotopic (exact) mass is 286 g/mol. The molecule has 0 spiro atoms. The smallest absolute Gasteiger partial charge is 0.224 e. The van der Waals surface area contributed by atoms with Crippen molar-refractivity contribution in [3.8, 4) is 0 Å². The molecule has 0 aromatic heterocycles. The minimum atomic E-state index is -0.450. The van der Waals surface area contributed by atoms with Crippen LogP contribution < -0.4 is 10.6 Å². The van der Waals surface area contributed by atoms with Crippen molar-refractivity contribution < 1.29 is 14.3 Å². The van der Waals surface area contributed by atoms with Gasteiger partial charge in [-0.25, -0.2) is 4.39 Å². The molecule has 3 N–H and O–H groups in total. The minimum Gasteiger partial charge on any atom is -0.395 e. The molecule has 0 aliphatic heterocycles. The average Bonchev–Trinajstić information content (AvgIpc) is 2.37. The Labute approximate surface area is 116 Å². The molecule has 4 nitrogen and oxygen atoms in total. The highest BCUT2D eigenvalue weighted by atomic mass is 35.5. The zero-order valence-electron chi connectivity index (χ0n) is 10.4. The van der Waals surface area contributed by atoms with Gasteiger partial charge in [0.25, 0.3) is 0 Å². The van der Waals surface area contributed by atoms with Gasteiger partial charge in [0.1, 0.15) is 5.82 Å². The van der Waals surface area contributed by atoms with Crippen LogP contribution in [-0.4, -0.2) is 30.7 Å². The van der Waals surface area contributed by atoms with Crippen LogP contribution in [-0.2, 0) is 11.2 Å². The van der Waals surface area contributed by atoms with Gasteiger partial charge >= 0.3 is 0 Å². The normalized spacial score (nSPS) is 10.1. The maximum Gasteiger partial charge on any atom is 0.224 e. The quantitative estimate of drug-likeness (QED) is 0.714. The fourth-order valence-corrected chi connectivity index (χ4v) is 1.52. The third-order valence-electron chi connectivity index (χ3n) is 2.32. The summed E-state index contributed by atoms with van der Waals surface area (Å²) >= 11 is 5.62. The molecular formula is C13H16ClFN2O2. The molecule has 0 saturated heterocycles. The number of halogens is 2. The molecule has 19 heavy (non-hydrogen) atoms. The maximum atomic E-state index is 13.6. The van der Waals surface area contributed by atoms with E-state index in [1.807, 2.05) is 0 Å². The van der Waals surface area contributed by atoms with Gasteiger partial charge in [0.05, 0.1) is 19.6 Å². The van der Waals surface area contributed by atoms with Crippen molar-refractivity contribution >= 4 is 23.2 Å². The molecule has 0 aliphatic rings. The number of amides is 1. The van der Waals surface area contributed by atoms with Crippen LogP contribution in [0, 0.1) is 5.82 Å². The van der Waals surface area contributed by atoms with E-state index in [9.17, 15) is 9.18 Å². The highest BCUT2D eigenvalue weighted by Crippen LogP contribution is 2.16. The summed E-state index contributed by atoms with van der Waals surface area (Å²) in [5, 5.41) is 14.4. The lowest BCUT2D eigenvalue weighted by Crippen LogP contribution is -2.28. The lowest BCUT2D eigenvalue weighted by atomic mass is 10.1. The molecule has 0 saturated carbocycles. The average molecular weight is 287 g/mol. The molecule has 1 aromatic carbocycles. The van der Waals surface area contributed by atoms with Crippen molar-refractivity contribution in [3.05, 3.63) is 41.2 Å². The number of hydrogen-bond acceptors (Lipinski definition) is 3. The molecule has 104 valence electrons. The topological polar surface area (TPSA) is 61.4 Å². The zero-order valence-corrected chi connectivity index (χ0v) is 11.1. The summed E-state index contributed by atoms with van der Waals surface area (Å²) in [6.07, 6.45) is -0.0802. The lowest BCUT2D eigenvalue weighted by Gasteiger charge is -2.09. The molecule has 0 atom stereocenters. The van der Waals surface area contributed by atoms with E-state index in [4.69, 9.17) is 16.7 Å². The van der Waals surface area contributed by atoms with Crippen molar-refractivity contribution in [2.45, 2.75) is 6.42 Å². The van der Waals surface area contributed by atoms with Crippen molar-refractivity contribution in [3.63, 3.8) is 0 Å². The summed E-state index contributed by atoms with van der Waals surface area (Å²) in [5.41, 5.74) is 0.939. The molecule has 6 heteroatoms. The number of aliphatic hydroxyl groups is 1. The van der Waals surface area contributed by atoms with Gasteiger partial charge in [-0.1, -0.05) is 18.2 Å². The van der Waals surface area contributed by atoms with Gasteiger partial charge in [-0.15, -0.1) is 0 Å². The molecule has 0 radical (unpaired) electrons. The Morgan fingerprint density at radius 3 is 2.84 bits per heavy atom. The Morgan fingerprint density at radius 2 is 2.21 bits per heavy atom. The van der Waals surface area contributed by atoms with Crippen LogP contribution in [0.3, 0.4) is 0 Å². The molecule has 1 aromatic rings. The van der Waals surface area contributed by atoms with E-state index >= 15 is 0 Å². The number of anilines is 1. The molecule has 0 aliphatic carbocycles. The Hall–Kier alpha value is -1.59. The van der Waals surface area contributed by atoms with Crippen molar-refractivity contribution in [1.82, 2.24) is 5.32 Å². The summed E-state index contributed by atoms with van der Waals surface area (Å²) in [6.45, 7) is 3.91. The maximum absolute atomic E-state index is 13.6. The van der Waals surface area contributed by atoms with Crippen LogP contribution in [0.4, 0.5) is 10.1 Å². The molecule has 0 fully saturated rings. The third-order valence-corrected chi connectivity index (χ3v) is 2.45. The largest absolute Gasteiger partial charge is 0.395 e. The van der Waals surface area contributed by atoms with Gasteiger partial charge in [0.15, 0.2) is 0 Å². The van der Waals surface area contributed by atoms with Crippen molar-refractivity contribution in [1.29, 1.82) is 0 Å². The Balaban J connectivity index is 2.68. The fraction of sp³-hybridized carbons (Fsp3) is 0.308. The summed E-state index contributed by atoms with van der Waals surface area (Å²) in [6, 6.07) is 4.39. The molecule has 0 heterocycles. The minimum absolute atomic E-state index is 0.0802. The Morgan fingerprint density at radius 1 is 1.47 bits per heavy atom.